The van der Waals surface area contributed by atoms with Gasteiger partial charge < -0.3 is 20.9 Å². The van der Waals surface area contributed by atoms with Gasteiger partial charge in [-0.05, 0) is 42.5 Å². The Labute approximate surface area is 164 Å². The monoisotopic (exact) mass is 382 g/mol. The molecule has 1 saturated carbocycles. The third-order valence-corrected chi connectivity index (χ3v) is 5.39. The Morgan fingerprint density at radius 2 is 1.86 bits per heavy atom. The van der Waals surface area contributed by atoms with Gasteiger partial charge in [-0.15, -0.1) is 0 Å². The molecule has 6 nitrogen and oxygen atoms in total. The molecule has 6 heteroatoms. The van der Waals surface area contributed by atoms with Crippen LogP contribution >= 0.6 is 0 Å². The molecule has 1 amide bonds. The van der Waals surface area contributed by atoms with Gasteiger partial charge in [0.2, 0.25) is 0 Å². The lowest BCUT2D eigenvalue weighted by molar-refractivity contribution is -0.141. The molecule has 0 heterocycles. The predicted molar refractivity (Wildman–Crippen MR) is 108 cm³/mol. The highest BCUT2D eigenvalue weighted by Crippen LogP contribution is 2.32. The lowest BCUT2D eigenvalue weighted by atomic mass is 9.83. The third kappa shape index (κ3) is 4.27. The summed E-state index contributed by atoms with van der Waals surface area (Å²) in [5.74, 6) is -0.780. The first-order valence-electron chi connectivity index (χ1n) is 9.58. The number of carboxylic acid groups (broad SMARTS) is 1. The van der Waals surface area contributed by atoms with Crippen LogP contribution in [0.2, 0.25) is 0 Å². The predicted octanol–water partition coefficient (Wildman–Crippen LogP) is 3.71. The molecule has 1 aliphatic rings. The van der Waals surface area contributed by atoms with Crippen molar-refractivity contribution in [2.24, 2.45) is 5.92 Å². The van der Waals surface area contributed by atoms with Gasteiger partial charge in [-0.1, -0.05) is 43.5 Å². The van der Waals surface area contributed by atoms with Crippen molar-refractivity contribution in [3.8, 4) is 16.9 Å². The highest BCUT2D eigenvalue weighted by atomic mass is 16.5. The highest BCUT2D eigenvalue weighted by molar-refractivity contribution is 6.01. The van der Waals surface area contributed by atoms with Crippen LogP contribution in [0.3, 0.4) is 0 Å². The summed E-state index contributed by atoms with van der Waals surface area (Å²) in [5, 5.41) is 12.3. The zero-order valence-electron chi connectivity index (χ0n) is 16.0. The summed E-state index contributed by atoms with van der Waals surface area (Å²) in [6, 6.07) is 11.8. The van der Waals surface area contributed by atoms with Crippen molar-refractivity contribution in [1.82, 2.24) is 5.32 Å². The molecule has 28 heavy (non-hydrogen) atoms. The maximum absolute atomic E-state index is 12.7. The summed E-state index contributed by atoms with van der Waals surface area (Å²) in [7, 11) is 1.60. The Kier molecular flexibility index (Phi) is 6.19. The number of para-hydroxylation sites is 1. The van der Waals surface area contributed by atoms with E-state index in [0.717, 1.165) is 43.2 Å². The van der Waals surface area contributed by atoms with Gasteiger partial charge in [0.05, 0.1) is 12.7 Å². The molecule has 0 aliphatic heterocycles. The molecule has 0 saturated heterocycles. The van der Waals surface area contributed by atoms with E-state index in [0.29, 0.717) is 11.4 Å². The van der Waals surface area contributed by atoms with Gasteiger partial charge in [0.15, 0.2) is 0 Å². The Bertz CT molecular complexity index is 859. The van der Waals surface area contributed by atoms with Gasteiger partial charge in [-0.25, -0.2) is 4.79 Å². The van der Waals surface area contributed by atoms with E-state index in [9.17, 15) is 14.7 Å². The quantitative estimate of drug-likeness (QED) is 0.661. The van der Waals surface area contributed by atoms with Gasteiger partial charge >= 0.3 is 5.97 Å². The van der Waals surface area contributed by atoms with Crippen LogP contribution in [0.4, 0.5) is 5.69 Å². The molecule has 4 N–H and O–H groups in total. The number of carboxylic acids is 1. The fraction of sp³-hybridized carbons (Fsp3) is 0.364. The van der Waals surface area contributed by atoms with Crippen LogP contribution in [0, 0.1) is 5.92 Å². The molecular formula is C22H26N2O4. The molecular weight excluding hydrogens is 356 g/mol. The number of anilines is 1. The first-order valence-corrected chi connectivity index (χ1v) is 9.58. The average Bonchev–Trinajstić information content (AvgIpc) is 2.72. The number of nitrogens with one attached hydrogen (secondary N) is 1. The summed E-state index contributed by atoms with van der Waals surface area (Å²) in [6.45, 7) is 0. The van der Waals surface area contributed by atoms with E-state index in [1.54, 1.807) is 25.3 Å². The molecule has 0 aromatic heterocycles. The number of aliphatic carboxylic acids is 1. The van der Waals surface area contributed by atoms with Gasteiger partial charge in [0.1, 0.15) is 11.8 Å². The number of ether oxygens (including phenoxy) is 1. The standard InChI is InChI=1S/C22H26N2O4/c1-28-19-10-6-5-9-16(19)15-11-12-17(18(23)13-15)21(25)24-20(22(26)27)14-7-3-2-4-8-14/h5-6,9-14,20H,2-4,7-8,23H2,1H3,(H,24,25)(H,26,27)/t20-/m0/s1. The minimum atomic E-state index is -0.996. The van der Waals surface area contributed by atoms with Crippen LogP contribution in [0.1, 0.15) is 42.5 Å². The summed E-state index contributed by atoms with van der Waals surface area (Å²) in [6.07, 6.45) is 4.76. The fourth-order valence-corrected chi connectivity index (χ4v) is 3.89. The smallest absolute Gasteiger partial charge is 0.326 e. The molecule has 0 spiro atoms. The minimum Gasteiger partial charge on any atom is -0.496 e. The van der Waals surface area contributed by atoms with Crippen molar-refractivity contribution in [1.29, 1.82) is 0 Å². The van der Waals surface area contributed by atoms with Crippen LogP contribution in [0.15, 0.2) is 42.5 Å². The van der Waals surface area contributed by atoms with Crippen molar-refractivity contribution in [2.45, 2.75) is 38.1 Å². The Morgan fingerprint density at radius 1 is 1.14 bits per heavy atom. The summed E-state index contributed by atoms with van der Waals surface area (Å²) in [4.78, 5) is 24.4. The number of hydrogen-bond acceptors (Lipinski definition) is 4. The average molecular weight is 382 g/mol. The summed E-state index contributed by atoms with van der Waals surface area (Å²) in [5.41, 5.74) is 8.41. The van der Waals surface area contributed by atoms with Crippen LogP contribution < -0.4 is 15.8 Å². The zero-order chi connectivity index (χ0) is 20.1. The number of nitrogens with two attached hydrogens (primary N) is 1. The molecule has 2 aromatic rings. The number of amides is 1. The number of carbonyl (C=O) groups excluding carboxylic acids is 1. The van der Waals surface area contributed by atoms with E-state index in [1.165, 1.54) is 0 Å². The molecule has 0 bridgehead atoms. The number of hydrogen-bond donors (Lipinski definition) is 3. The first-order chi connectivity index (χ1) is 13.5. The maximum Gasteiger partial charge on any atom is 0.326 e. The van der Waals surface area contributed by atoms with Crippen molar-refractivity contribution < 1.29 is 19.4 Å². The zero-order valence-corrected chi connectivity index (χ0v) is 16.0. The Balaban J connectivity index is 1.81. The topological polar surface area (TPSA) is 102 Å². The van der Waals surface area contributed by atoms with Crippen molar-refractivity contribution >= 4 is 17.6 Å². The maximum atomic E-state index is 12.7. The summed E-state index contributed by atoms with van der Waals surface area (Å²) < 4.78 is 5.38. The van der Waals surface area contributed by atoms with E-state index >= 15 is 0 Å². The SMILES string of the molecule is COc1ccccc1-c1ccc(C(=O)N[C@H](C(=O)O)C2CCCCC2)c(N)c1. The van der Waals surface area contributed by atoms with E-state index in [2.05, 4.69) is 5.32 Å². The number of carbonyl (C=O) groups is 2. The molecule has 3 rings (SSSR count). The van der Waals surface area contributed by atoms with Gasteiger partial charge in [-0.2, -0.15) is 0 Å². The lowest BCUT2D eigenvalue weighted by Crippen LogP contribution is -2.46. The number of rotatable bonds is 6. The van der Waals surface area contributed by atoms with Crippen molar-refractivity contribution in [2.75, 3.05) is 12.8 Å². The van der Waals surface area contributed by atoms with Crippen LogP contribution in [0.25, 0.3) is 11.1 Å². The number of nitrogen functional groups attached to an aromatic ring is 1. The largest absolute Gasteiger partial charge is 0.496 e. The molecule has 0 unspecified atom stereocenters. The lowest BCUT2D eigenvalue weighted by Gasteiger charge is -2.28. The molecule has 1 atom stereocenters. The van der Waals surface area contributed by atoms with E-state index in [1.807, 2.05) is 24.3 Å². The first kappa shape index (κ1) is 19.7. The number of methoxy groups -OCH3 is 1. The normalized spacial score (nSPS) is 15.6. The van der Waals surface area contributed by atoms with Gasteiger partial charge in [0.25, 0.3) is 5.91 Å². The van der Waals surface area contributed by atoms with Crippen LogP contribution in [-0.4, -0.2) is 30.1 Å². The minimum absolute atomic E-state index is 0.0377. The van der Waals surface area contributed by atoms with Crippen LogP contribution in [0.5, 0.6) is 5.75 Å². The van der Waals surface area contributed by atoms with E-state index in [-0.39, 0.29) is 11.5 Å². The van der Waals surface area contributed by atoms with Gasteiger partial charge in [-0.3, -0.25) is 4.79 Å². The second kappa shape index (κ2) is 8.78. The van der Waals surface area contributed by atoms with E-state index < -0.39 is 17.9 Å². The molecule has 148 valence electrons. The summed E-state index contributed by atoms with van der Waals surface area (Å²) >= 11 is 0. The van der Waals surface area contributed by atoms with Crippen molar-refractivity contribution in [3.63, 3.8) is 0 Å². The van der Waals surface area contributed by atoms with Crippen LogP contribution in [-0.2, 0) is 4.79 Å². The third-order valence-electron chi connectivity index (χ3n) is 5.39. The fourth-order valence-electron chi connectivity index (χ4n) is 3.89. The number of benzene rings is 2. The molecule has 0 radical (unpaired) electrons. The molecule has 1 fully saturated rings. The van der Waals surface area contributed by atoms with E-state index in [4.69, 9.17) is 10.5 Å². The van der Waals surface area contributed by atoms with Crippen molar-refractivity contribution in [3.05, 3.63) is 48.0 Å². The molecule has 2 aromatic carbocycles. The Morgan fingerprint density at radius 3 is 2.50 bits per heavy atom. The molecule has 1 aliphatic carbocycles. The van der Waals surface area contributed by atoms with Gasteiger partial charge in [0, 0.05) is 11.3 Å². The Hall–Kier alpha value is -3.02. The highest BCUT2D eigenvalue weighted by Gasteiger charge is 2.31. The second-order valence-corrected chi connectivity index (χ2v) is 7.19. The second-order valence-electron chi connectivity index (χ2n) is 7.19.